The Morgan fingerprint density at radius 2 is 2.00 bits per heavy atom. The summed E-state index contributed by atoms with van der Waals surface area (Å²) in [5.41, 5.74) is 0.488. The predicted molar refractivity (Wildman–Crippen MR) is 54.5 cm³/mol. The van der Waals surface area contributed by atoms with Crippen molar-refractivity contribution in [2.75, 3.05) is 0 Å². The number of Topliss-reactive ketones (excluding diaryl/α,β-unsaturated/α-hetero) is 1. The maximum absolute atomic E-state index is 11.5. The third kappa shape index (κ3) is 3.92. The summed E-state index contributed by atoms with van der Waals surface area (Å²) in [5, 5.41) is 8.87. The molecular formula is C11H18O2. The Balaban J connectivity index is 4.37. The first kappa shape index (κ1) is 11.9. The van der Waals surface area contributed by atoms with Gasteiger partial charge in [-0.25, -0.2) is 0 Å². The van der Waals surface area contributed by atoms with Crippen LogP contribution in [0.2, 0.25) is 0 Å². The van der Waals surface area contributed by atoms with E-state index in [1.54, 1.807) is 6.08 Å². The van der Waals surface area contributed by atoms with Crippen molar-refractivity contribution in [1.82, 2.24) is 0 Å². The van der Waals surface area contributed by atoms with Gasteiger partial charge in [0.2, 0.25) is 0 Å². The fraction of sp³-hybridized carbons (Fsp3) is 0.545. The summed E-state index contributed by atoms with van der Waals surface area (Å²) < 4.78 is 0. The predicted octanol–water partition coefficient (Wildman–Crippen LogP) is 2.87. The first-order valence-electron chi connectivity index (χ1n) is 4.53. The molecule has 0 bridgehead atoms. The first-order valence-corrected chi connectivity index (χ1v) is 4.53. The lowest BCUT2D eigenvalue weighted by Crippen LogP contribution is -2.12. The van der Waals surface area contributed by atoms with Crippen LogP contribution in [-0.4, -0.2) is 10.9 Å². The first-order chi connectivity index (χ1) is 6.02. The van der Waals surface area contributed by atoms with E-state index >= 15 is 0 Å². The summed E-state index contributed by atoms with van der Waals surface area (Å²) in [5.74, 6) is 0.174. The van der Waals surface area contributed by atoms with Crippen molar-refractivity contribution in [3.63, 3.8) is 0 Å². The molecule has 0 aliphatic heterocycles. The Bertz CT molecular complexity index is 214. The zero-order valence-corrected chi connectivity index (χ0v) is 8.58. The van der Waals surface area contributed by atoms with Gasteiger partial charge in [0, 0.05) is 11.5 Å². The Morgan fingerprint density at radius 3 is 2.31 bits per heavy atom. The zero-order valence-electron chi connectivity index (χ0n) is 8.58. The van der Waals surface area contributed by atoms with E-state index in [2.05, 4.69) is 6.58 Å². The summed E-state index contributed by atoms with van der Waals surface area (Å²) in [4.78, 5) is 11.5. The van der Waals surface area contributed by atoms with Crippen LogP contribution in [0.25, 0.3) is 0 Å². The highest BCUT2D eigenvalue weighted by Gasteiger charge is 2.15. The number of rotatable bonds is 5. The summed E-state index contributed by atoms with van der Waals surface area (Å²) >= 11 is 0. The number of carbonyl (C=O) groups excluding carboxylic acids is 1. The van der Waals surface area contributed by atoms with Crippen LogP contribution in [0.3, 0.4) is 0 Å². The maximum atomic E-state index is 11.5. The number of hydrogen-bond donors (Lipinski definition) is 1. The minimum atomic E-state index is -0.0598. The highest BCUT2D eigenvalue weighted by Crippen LogP contribution is 2.16. The van der Waals surface area contributed by atoms with Gasteiger partial charge >= 0.3 is 0 Å². The third-order valence-electron chi connectivity index (χ3n) is 1.94. The van der Waals surface area contributed by atoms with E-state index in [-0.39, 0.29) is 17.6 Å². The van der Waals surface area contributed by atoms with Gasteiger partial charge in [-0.2, -0.15) is 0 Å². The van der Waals surface area contributed by atoms with Crippen LogP contribution in [0.15, 0.2) is 24.5 Å². The molecule has 0 aromatic heterocycles. The van der Waals surface area contributed by atoms with Gasteiger partial charge in [0.15, 0.2) is 5.78 Å². The normalized spacial score (nSPS) is 14.3. The minimum Gasteiger partial charge on any atom is -0.515 e. The summed E-state index contributed by atoms with van der Waals surface area (Å²) in [6.07, 6.45) is 3.26. The number of aliphatic hydroxyl groups is 1. The third-order valence-corrected chi connectivity index (χ3v) is 1.94. The van der Waals surface area contributed by atoms with Gasteiger partial charge in [-0.05, 0) is 12.3 Å². The van der Waals surface area contributed by atoms with E-state index in [1.807, 2.05) is 20.8 Å². The van der Waals surface area contributed by atoms with Crippen molar-refractivity contribution >= 4 is 5.78 Å². The molecule has 0 radical (unpaired) electrons. The van der Waals surface area contributed by atoms with E-state index < -0.39 is 0 Å². The molecule has 1 unspecified atom stereocenters. The van der Waals surface area contributed by atoms with E-state index in [4.69, 9.17) is 5.11 Å². The van der Waals surface area contributed by atoms with Gasteiger partial charge in [-0.3, -0.25) is 4.79 Å². The number of carbonyl (C=O) groups is 1. The molecule has 0 saturated carbocycles. The molecule has 1 N–H and O–H groups in total. The van der Waals surface area contributed by atoms with Crippen LogP contribution in [0.4, 0.5) is 0 Å². The highest BCUT2D eigenvalue weighted by atomic mass is 16.2. The van der Waals surface area contributed by atoms with Crippen molar-refractivity contribution < 1.29 is 9.90 Å². The van der Waals surface area contributed by atoms with Crippen LogP contribution in [-0.2, 0) is 4.79 Å². The van der Waals surface area contributed by atoms with Crippen LogP contribution in [0.5, 0.6) is 0 Å². The molecule has 0 amide bonds. The maximum Gasteiger partial charge on any atom is 0.164 e. The average molecular weight is 182 g/mol. The largest absolute Gasteiger partial charge is 0.515 e. The lowest BCUT2D eigenvalue weighted by atomic mass is 9.94. The molecule has 0 aliphatic carbocycles. The molecule has 74 valence electrons. The van der Waals surface area contributed by atoms with E-state index in [0.29, 0.717) is 12.0 Å². The number of allylic oxidation sites excluding steroid dienone is 2. The Labute approximate surface area is 80.0 Å². The SMILES string of the molecule is C=CC(C)C/C(=C\O)C(=O)C(C)C. The fourth-order valence-corrected chi connectivity index (χ4v) is 1.02. The molecular weight excluding hydrogens is 164 g/mol. The second kappa shape index (κ2) is 5.57. The molecule has 0 fully saturated rings. The van der Waals surface area contributed by atoms with Crippen LogP contribution in [0.1, 0.15) is 27.2 Å². The topological polar surface area (TPSA) is 37.3 Å². The molecule has 0 saturated heterocycles. The molecule has 2 nitrogen and oxygen atoms in total. The second-order valence-corrected chi connectivity index (χ2v) is 3.59. The number of hydrogen-bond acceptors (Lipinski definition) is 2. The summed E-state index contributed by atoms with van der Waals surface area (Å²) in [6.45, 7) is 9.24. The van der Waals surface area contributed by atoms with E-state index in [0.717, 1.165) is 6.26 Å². The molecule has 0 aromatic rings. The van der Waals surface area contributed by atoms with Crippen molar-refractivity contribution in [3.05, 3.63) is 24.5 Å². The Kier molecular flexibility index (Phi) is 5.12. The lowest BCUT2D eigenvalue weighted by Gasteiger charge is -2.10. The molecule has 1 atom stereocenters. The molecule has 0 spiro atoms. The van der Waals surface area contributed by atoms with Gasteiger partial charge in [0.05, 0.1) is 6.26 Å². The molecule has 2 heteroatoms. The van der Waals surface area contributed by atoms with Crippen LogP contribution < -0.4 is 0 Å². The zero-order chi connectivity index (χ0) is 10.4. The molecule has 0 rings (SSSR count). The summed E-state index contributed by atoms with van der Waals surface area (Å²) in [6, 6.07) is 0. The van der Waals surface area contributed by atoms with Gasteiger partial charge < -0.3 is 5.11 Å². The fourth-order valence-electron chi connectivity index (χ4n) is 1.02. The van der Waals surface area contributed by atoms with Crippen molar-refractivity contribution in [2.24, 2.45) is 11.8 Å². The minimum absolute atomic E-state index is 0.0104. The Morgan fingerprint density at radius 1 is 1.46 bits per heavy atom. The van der Waals surface area contributed by atoms with Crippen LogP contribution >= 0.6 is 0 Å². The van der Waals surface area contributed by atoms with Crippen molar-refractivity contribution in [1.29, 1.82) is 0 Å². The molecule has 0 aliphatic rings. The smallest absolute Gasteiger partial charge is 0.164 e. The molecule has 0 aromatic carbocycles. The molecule has 13 heavy (non-hydrogen) atoms. The van der Waals surface area contributed by atoms with E-state index in [9.17, 15) is 4.79 Å². The van der Waals surface area contributed by atoms with Gasteiger partial charge in [-0.15, -0.1) is 6.58 Å². The van der Waals surface area contributed by atoms with Crippen molar-refractivity contribution in [2.45, 2.75) is 27.2 Å². The number of ketones is 1. The van der Waals surface area contributed by atoms with Gasteiger partial charge in [-0.1, -0.05) is 26.8 Å². The van der Waals surface area contributed by atoms with Gasteiger partial charge in [0.25, 0.3) is 0 Å². The average Bonchev–Trinajstić information content (AvgIpc) is 2.12. The van der Waals surface area contributed by atoms with Crippen molar-refractivity contribution in [3.8, 4) is 0 Å². The lowest BCUT2D eigenvalue weighted by molar-refractivity contribution is -0.118. The van der Waals surface area contributed by atoms with E-state index in [1.165, 1.54) is 0 Å². The highest BCUT2D eigenvalue weighted by molar-refractivity contribution is 5.96. The van der Waals surface area contributed by atoms with Gasteiger partial charge in [0.1, 0.15) is 0 Å². The Hall–Kier alpha value is -1.05. The van der Waals surface area contributed by atoms with Crippen LogP contribution in [0, 0.1) is 11.8 Å². The summed E-state index contributed by atoms with van der Waals surface area (Å²) in [7, 11) is 0. The quantitative estimate of drug-likeness (QED) is 0.403. The number of aliphatic hydroxyl groups excluding tert-OH is 1. The second-order valence-electron chi connectivity index (χ2n) is 3.59. The monoisotopic (exact) mass is 182 g/mol. The standard InChI is InChI=1S/C11H18O2/c1-5-9(4)6-10(7-12)11(13)8(2)3/h5,7-9,12H,1,6H2,2-4H3/b10-7+. The molecule has 0 heterocycles.